The van der Waals surface area contributed by atoms with Crippen LogP contribution in [0.25, 0.3) is 0 Å². The number of rotatable bonds is 4. The fourth-order valence-corrected chi connectivity index (χ4v) is 4.08. The number of hydrogen-bond donors (Lipinski definition) is 1. The summed E-state index contributed by atoms with van der Waals surface area (Å²) in [4.78, 5) is 39.9. The van der Waals surface area contributed by atoms with Gasteiger partial charge in [0.25, 0.3) is 11.8 Å². The molecule has 2 aliphatic rings. The monoisotopic (exact) mass is 449 g/mol. The van der Waals surface area contributed by atoms with E-state index in [1.54, 1.807) is 4.90 Å². The number of piperidine rings is 1. The molecule has 1 N–H and O–H groups in total. The smallest absolute Gasteiger partial charge is 0.269 e. The predicted molar refractivity (Wildman–Crippen MR) is 107 cm³/mol. The average Bonchev–Trinajstić information content (AvgIpc) is 3.27. The fraction of sp³-hybridized carbons (Fsp3) is 0.429. The molecule has 2 aromatic rings. The molecular formula is C21H22F3N5O3. The Kier molecular flexibility index (Phi) is 6.26. The number of anilines is 1. The van der Waals surface area contributed by atoms with Gasteiger partial charge in [-0.3, -0.25) is 14.4 Å². The molecule has 1 aromatic heterocycles. The second-order valence-corrected chi connectivity index (χ2v) is 7.70. The largest absolute Gasteiger partial charge is 0.354 e. The molecule has 0 radical (unpaired) electrons. The number of alkyl halides is 1. The Bertz CT molecular complexity index is 1000. The van der Waals surface area contributed by atoms with E-state index in [-0.39, 0.29) is 36.7 Å². The van der Waals surface area contributed by atoms with Crippen LogP contribution in [-0.2, 0) is 9.63 Å². The number of carbonyl (C=O) groups excluding carboxylic acids is 2. The first-order valence-electron chi connectivity index (χ1n) is 10.2. The van der Waals surface area contributed by atoms with E-state index in [0.717, 1.165) is 23.3 Å². The zero-order valence-corrected chi connectivity index (χ0v) is 17.3. The van der Waals surface area contributed by atoms with Gasteiger partial charge in [0.1, 0.15) is 35.6 Å². The van der Waals surface area contributed by atoms with Crippen molar-refractivity contribution in [3.8, 4) is 0 Å². The number of hydrogen-bond acceptors (Lipinski definition) is 6. The average molecular weight is 449 g/mol. The molecule has 0 bridgehead atoms. The van der Waals surface area contributed by atoms with Crippen LogP contribution in [0, 0.1) is 17.6 Å². The second-order valence-electron chi connectivity index (χ2n) is 7.70. The number of hydroxylamine groups is 2. The van der Waals surface area contributed by atoms with Crippen molar-refractivity contribution in [2.45, 2.75) is 25.1 Å². The lowest BCUT2D eigenvalue weighted by Crippen LogP contribution is -2.49. The summed E-state index contributed by atoms with van der Waals surface area (Å²) < 4.78 is 42.4. The second kappa shape index (κ2) is 9.11. The van der Waals surface area contributed by atoms with Gasteiger partial charge in [-0.05, 0) is 24.1 Å². The van der Waals surface area contributed by atoms with E-state index >= 15 is 4.39 Å². The van der Waals surface area contributed by atoms with Crippen LogP contribution in [0.3, 0.4) is 0 Å². The minimum Gasteiger partial charge on any atom is -0.354 e. The number of benzene rings is 1. The van der Waals surface area contributed by atoms with Crippen molar-refractivity contribution in [2.24, 2.45) is 5.92 Å². The van der Waals surface area contributed by atoms with E-state index in [0.29, 0.717) is 18.8 Å². The Labute approximate surface area is 182 Å². The fourth-order valence-electron chi connectivity index (χ4n) is 4.08. The molecule has 32 heavy (non-hydrogen) atoms. The third kappa shape index (κ3) is 4.38. The van der Waals surface area contributed by atoms with Gasteiger partial charge in [-0.2, -0.15) is 0 Å². The number of nitrogens with zero attached hydrogens (tertiary/aromatic N) is 4. The zero-order chi connectivity index (χ0) is 22.8. The standard InChI is InChI=1S/C21H22F3N5O3/c1-25-20(30)17-9-19(27-11-26-17)28-4-2-15(16(24)10-28)21(31)29-18(3-5-32-29)12-6-13(22)8-14(23)7-12/h6-9,11,15-16,18H,2-5,10H2,1H3,(H,25,30)/t15-,16+,18-/m1/s1. The molecule has 2 fully saturated rings. The molecule has 2 aliphatic heterocycles. The normalized spacial score (nSPS) is 23.3. The first-order valence-corrected chi connectivity index (χ1v) is 10.2. The summed E-state index contributed by atoms with van der Waals surface area (Å²) in [7, 11) is 1.48. The molecule has 1 aromatic carbocycles. The lowest BCUT2D eigenvalue weighted by atomic mass is 9.92. The van der Waals surface area contributed by atoms with E-state index in [4.69, 9.17) is 4.84 Å². The van der Waals surface area contributed by atoms with E-state index in [9.17, 15) is 18.4 Å². The van der Waals surface area contributed by atoms with Gasteiger partial charge in [-0.15, -0.1) is 0 Å². The van der Waals surface area contributed by atoms with Crippen molar-refractivity contribution in [1.29, 1.82) is 0 Å². The molecule has 0 spiro atoms. The summed E-state index contributed by atoms with van der Waals surface area (Å²) in [6.45, 7) is 0.412. The van der Waals surface area contributed by atoms with Gasteiger partial charge in [0, 0.05) is 32.1 Å². The Balaban J connectivity index is 1.46. The summed E-state index contributed by atoms with van der Waals surface area (Å²) in [5.41, 5.74) is 0.422. The van der Waals surface area contributed by atoms with Gasteiger partial charge in [0.05, 0.1) is 25.1 Å². The molecule has 0 saturated carbocycles. The van der Waals surface area contributed by atoms with Crippen molar-refractivity contribution < 1.29 is 27.6 Å². The maximum absolute atomic E-state index is 15.1. The maximum atomic E-state index is 15.1. The molecule has 8 nitrogen and oxygen atoms in total. The molecule has 0 unspecified atom stereocenters. The van der Waals surface area contributed by atoms with Crippen LogP contribution in [0.5, 0.6) is 0 Å². The summed E-state index contributed by atoms with van der Waals surface area (Å²) in [5, 5.41) is 3.52. The van der Waals surface area contributed by atoms with Crippen molar-refractivity contribution in [3.05, 3.63) is 53.5 Å². The summed E-state index contributed by atoms with van der Waals surface area (Å²) in [6.07, 6.45) is 0.242. The minimum absolute atomic E-state index is 0.103. The van der Waals surface area contributed by atoms with E-state index in [2.05, 4.69) is 15.3 Å². The molecule has 2 amide bonds. The van der Waals surface area contributed by atoms with Crippen LogP contribution in [0.1, 0.15) is 34.9 Å². The lowest BCUT2D eigenvalue weighted by molar-refractivity contribution is -0.184. The SMILES string of the molecule is CNC(=O)c1cc(N2CC[C@@H](C(=O)N3OCC[C@@H]3c3cc(F)cc(F)c3)[C@@H](F)C2)ncn1. The number of carbonyl (C=O) groups is 2. The molecule has 2 saturated heterocycles. The zero-order valence-electron chi connectivity index (χ0n) is 17.3. The van der Waals surface area contributed by atoms with Crippen LogP contribution in [0.2, 0.25) is 0 Å². The topological polar surface area (TPSA) is 87.7 Å². The number of halogens is 3. The quantitative estimate of drug-likeness (QED) is 0.770. The molecule has 3 heterocycles. The Hall–Kier alpha value is -3.21. The van der Waals surface area contributed by atoms with Gasteiger partial charge in [-0.1, -0.05) is 0 Å². The van der Waals surface area contributed by atoms with Crippen molar-refractivity contribution in [2.75, 3.05) is 31.6 Å². The van der Waals surface area contributed by atoms with Crippen molar-refractivity contribution in [3.63, 3.8) is 0 Å². The molecule has 11 heteroatoms. The third-order valence-corrected chi connectivity index (χ3v) is 5.69. The first kappa shape index (κ1) is 22.0. The maximum Gasteiger partial charge on any atom is 0.269 e. The number of amides is 2. The van der Waals surface area contributed by atoms with Gasteiger partial charge >= 0.3 is 0 Å². The highest BCUT2D eigenvalue weighted by Crippen LogP contribution is 2.35. The van der Waals surface area contributed by atoms with Gasteiger partial charge in [0.15, 0.2) is 0 Å². The summed E-state index contributed by atoms with van der Waals surface area (Å²) in [5.74, 6) is -3.03. The first-order chi connectivity index (χ1) is 15.4. The Morgan fingerprint density at radius 2 is 1.88 bits per heavy atom. The van der Waals surface area contributed by atoms with E-state index in [1.165, 1.54) is 19.4 Å². The number of nitrogens with one attached hydrogen (secondary N) is 1. The molecule has 4 rings (SSSR count). The summed E-state index contributed by atoms with van der Waals surface area (Å²) in [6, 6.07) is 3.83. The Morgan fingerprint density at radius 1 is 1.12 bits per heavy atom. The van der Waals surface area contributed by atoms with E-state index < -0.39 is 35.7 Å². The van der Waals surface area contributed by atoms with Gasteiger partial charge < -0.3 is 10.2 Å². The van der Waals surface area contributed by atoms with Crippen molar-refractivity contribution in [1.82, 2.24) is 20.3 Å². The van der Waals surface area contributed by atoms with Gasteiger partial charge in [-0.25, -0.2) is 28.2 Å². The highest BCUT2D eigenvalue weighted by Gasteiger charge is 2.42. The predicted octanol–water partition coefficient (Wildman–Crippen LogP) is 2.18. The summed E-state index contributed by atoms with van der Waals surface area (Å²) >= 11 is 0. The molecule has 170 valence electrons. The highest BCUT2D eigenvalue weighted by atomic mass is 19.1. The molecule has 0 aliphatic carbocycles. The van der Waals surface area contributed by atoms with Crippen LogP contribution in [0.4, 0.5) is 19.0 Å². The van der Waals surface area contributed by atoms with Crippen LogP contribution < -0.4 is 10.2 Å². The van der Waals surface area contributed by atoms with Crippen LogP contribution in [0.15, 0.2) is 30.6 Å². The molecular weight excluding hydrogens is 427 g/mol. The Morgan fingerprint density at radius 3 is 2.56 bits per heavy atom. The minimum atomic E-state index is -1.52. The van der Waals surface area contributed by atoms with Crippen molar-refractivity contribution >= 4 is 17.6 Å². The molecule has 3 atom stereocenters. The lowest BCUT2D eigenvalue weighted by Gasteiger charge is -2.36. The highest BCUT2D eigenvalue weighted by molar-refractivity contribution is 5.92. The van der Waals surface area contributed by atoms with E-state index in [1.807, 2.05) is 0 Å². The number of aromatic nitrogens is 2. The van der Waals surface area contributed by atoms with Crippen LogP contribution in [-0.4, -0.2) is 59.8 Å². The third-order valence-electron chi connectivity index (χ3n) is 5.69. The van der Waals surface area contributed by atoms with Gasteiger partial charge in [0.2, 0.25) is 0 Å². The van der Waals surface area contributed by atoms with Crippen LogP contribution >= 0.6 is 0 Å².